The quantitative estimate of drug-likeness (QED) is 0.850. The molecule has 2 N–H and O–H groups in total. The first kappa shape index (κ1) is 11.6. The number of nitrogens with zero attached hydrogens (tertiary/aromatic N) is 3. The van der Waals surface area contributed by atoms with Crippen LogP contribution in [0.25, 0.3) is 0 Å². The van der Waals surface area contributed by atoms with Crippen molar-refractivity contribution in [3.63, 3.8) is 0 Å². The van der Waals surface area contributed by atoms with Crippen molar-refractivity contribution in [1.29, 1.82) is 0 Å². The lowest BCUT2D eigenvalue weighted by atomic mass is 10.0. The van der Waals surface area contributed by atoms with Crippen molar-refractivity contribution >= 4 is 0 Å². The van der Waals surface area contributed by atoms with E-state index in [2.05, 4.69) is 14.8 Å². The number of aryl methyl sites for hydroxylation is 1. The van der Waals surface area contributed by atoms with Gasteiger partial charge in [-0.2, -0.15) is 0 Å². The van der Waals surface area contributed by atoms with Gasteiger partial charge in [0.25, 0.3) is 0 Å². The van der Waals surface area contributed by atoms with E-state index < -0.39 is 0 Å². The lowest BCUT2D eigenvalue weighted by Gasteiger charge is -2.21. The highest BCUT2D eigenvalue weighted by molar-refractivity contribution is 5.02. The summed E-state index contributed by atoms with van der Waals surface area (Å²) in [5.41, 5.74) is 5.85. The Hall–Kier alpha value is -0.900. The van der Waals surface area contributed by atoms with Crippen LogP contribution in [0.1, 0.15) is 57.2 Å². The topological polar surface area (TPSA) is 56.7 Å². The molecular weight excluding hydrogens is 200 g/mol. The Kier molecular flexibility index (Phi) is 3.02. The van der Waals surface area contributed by atoms with E-state index in [4.69, 9.17) is 5.73 Å². The summed E-state index contributed by atoms with van der Waals surface area (Å²) in [5.74, 6) is 2.09. The number of aromatic nitrogens is 3. The number of hydrogen-bond donors (Lipinski definition) is 1. The Labute approximate surface area is 97.2 Å². The highest BCUT2D eigenvalue weighted by atomic mass is 15.3. The largest absolute Gasteiger partial charge is 0.325 e. The van der Waals surface area contributed by atoms with E-state index in [9.17, 15) is 0 Å². The van der Waals surface area contributed by atoms with Crippen molar-refractivity contribution in [3.8, 4) is 0 Å². The van der Waals surface area contributed by atoms with E-state index in [1.807, 2.05) is 20.8 Å². The van der Waals surface area contributed by atoms with Crippen LogP contribution in [0, 0.1) is 6.92 Å². The first-order valence-electron chi connectivity index (χ1n) is 6.16. The summed E-state index contributed by atoms with van der Waals surface area (Å²) >= 11 is 0. The number of rotatable bonds is 3. The molecule has 1 saturated carbocycles. The van der Waals surface area contributed by atoms with Crippen LogP contribution in [0.4, 0.5) is 0 Å². The maximum absolute atomic E-state index is 6.06. The molecule has 1 fully saturated rings. The molecule has 1 aliphatic rings. The fourth-order valence-corrected chi connectivity index (χ4v) is 2.58. The molecule has 0 aliphatic heterocycles. The van der Waals surface area contributed by atoms with E-state index in [0.29, 0.717) is 6.04 Å². The minimum absolute atomic E-state index is 0.212. The average molecular weight is 222 g/mol. The zero-order chi connectivity index (χ0) is 11.8. The fourth-order valence-electron chi connectivity index (χ4n) is 2.58. The molecule has 0 atom stereocenters. The van der Waals surface area contributed by atoms with Gasteiger partial charge in [-0.05, 0) is 33.6 Å². The molecule has 0 amide bonds. The second-order valence-electron chi connectivity index (χ2n) is 5.64. The number of hydrogen-bond acceptors (Lipinski definition) is 3. The van der Waals surface area contributed by atoms with Gasteiger partial charge in [0, 0.05) is 18.0 Å². The van der Waals surface area contributed by atoms with Gasteiger partial charge in [-0.15, -0.1) is 10.2 Å². The van der Waals surface area contributed by atoms with Crippen LogP contribution >= 0.6 is 0 Å². The van der Waals surface area contributed by atoms with Crippen LogP contribution in [0.15, 0.2) is 0 Å². The molecule has 0 spiro atoms. The Morgan fingerprint density at radius 2 is 1.94 bits per heavy atom. The lowest BCUT2D eigenvalue weighted by Crippen LogP contribution is -2.36. The summed E-state index contributed by atoms with van der Waals surface area (Å²) in [4.78, 5) is 0. The van der Waals surface area contributed by atoms with Crippen LogP contribution in [-0.2, 0) is 6.42 Å². The molecule has 1 aliphatic carbocycles. The van der Waals surface area contributed by atoms with Gasteiger partial charge in [0.05, 0.1) is 0 Å². The molecule has 1 aromatic heterocycles. The third kappa shape index (κ3) is 2.43. The van der Waals surface area contributed by atoms with E-state index >= 15 is 0 Å². The molecule has 1 heterocycles. The Balaban J connectivity index is 2.25. The molecule has 16 heavy (non-hydrogen) atoms. The SMILES string of the molecule is Cc1nnc(CC(C)(C)N)n1C1CCCC1. The molecule has 0 saturated heterocycles. The zero-order valence-electron chi connectivity index (χ0n) is 10.5. The Morgan fingerprint density at radius 1 is 1.31 bits per heavy atom. The molecule has 90 valence electrons. The maximum atomic E-state index is 6.06. The second kappa shape index (κ2) is 4.17. The zero-order valence-corrected chi connectivity index (χ0v) is 10.5. The summed E-state index contributed by atoms with van der Waals surface area (Å²) < 4.78 is 2.31. The predicted molar refractivity (Wildman–Crippen MR) is 64.2 cm³/mol. The average Bonchev–Trinajstić information content (AvgIpc) is 2.73. The van der Waals surface area contributed by atoms with Crippen LogP contribution in [0.2, 0.25) is 0 Å². The summed E-state index contributed by atoms with van der Waals surface area (Å²) in [6.07, 6.45) is 5.97. The van der Waals surface area contributed by atoms with Crippen molar-refractivity contribution in [2.75, 3.05) is 0 Å². The molecular formula is C12H22N4. The second-order valence-corrected chi connectivity index (χ2v) is 5.64. The first-order valence-corrected chi connectivity index (χ1v) is 6.16. The molecule has 4 heteroatoms. The lowest BCUT2D eigenvalue weighted by molar-refractivity contribution is 0.442. The van der Waals surface area contributed by atoms with Gasteiger partial charge in [0.2, 0.25) is 0 Å². The van der Waals surface area contributed by atoms with Gasteiger partial charge < -0.3 is 10.3 Å². The minimum Gasteiger partial charge on any atom is -0.325 e. The van der Waals surface area contributed by atoms with Gasteiger partial charge in [-0.1, -0.05) is 12.8 Å². The molecule has 2 rings (SSSR count). The smallest absolute Gasteiger partial charge is 0.135 e. The van der Waals surface area contributed by atoms with Gasteiger partial charge in [0.1, 0.15) is 11.6 Å². The van der Waals surface area contributed by atoms with Gasteiger partial charge in [-0.25, -0.2) is 0 Å². The summed E-state index contributed by atoms with van der Waals surface area (Å²) in [6, 6.07) is 0.604. The van der Waals surface area contributed by atoms with Crippen molar-refractivity contribution in [2.45, 2.75) is 64.5 Å². The summed E-state index contributed by atoms with van der Waals surface area (Å²) in [6.45, 7) is 6.12. The fraction of sp³-hybridized carbons (Fsp3) is 0.833. The maximum Gasteiger partial charge on any atom is 0.135 e. The number of nitrogens with two attached hydrogens (primary N) is 1. The molecule has 0 radical (unpaired) electrons. The van der Waals surface area contributed by atoms with Gasteiger partial charge in [0.15, 0.2) is 0 Å². The molecule has 0 unspecified atom stereocenters. The van der Waals surface area contributed by atoms with E-state index in [0.717, 1.165) is 18.1 Å². The highest BCUT2D eigenvalue weighted by Gasteiger charge is 2.24. The molecule has 0 aromatic carbocycles. The van der Waals surface area contributed by atoms with Crippen LogP contribution in [0.5, 0.6) is 0 Å². The third-order valence-electron chi connectivity index (χ3n) is 3.24. The van der Waals surface area contributed by atoms with Crippen LogP contribution < -0.4 is 5.73 Å². The van der Waals surface area contributed by atoms with Crippen molar-refractivity contribution < 1.29 is 0 Å². The monoisotopic (exact) mass is 222 g/mol. The van der Waals surface area contributed by atoms with Crippen molar-refractivity contribution in [1.82, 2.24) is 14.8 Å². The normalized spacial score (nSPS) is 18.2. The van der Waals surface area contributed by atoms with Crippen molar-refractivity contribution in [3.05, 3.63) is 11.6 Å². The Morgan fingerprint density at radius 3 is 2.50 bits per heavy atom. The first-order chi connectivity index (χ1) is 7.47. The standard InChI is InChI=1S/C12H22N4/c1-9-14-15-11(8-12(2,3)13)16(9)10-6-4-5-7-10/h10H,4-8,13H2,1-3H3. The van der Waals surface area contributed by atoms with Crippen LogP contribution in [0.3, 0.4) is 0 Å². The summed E-state index contributed by atoms with van der Waals surface area (Å²) in [5, 5.41) is 8.48. The molecule has 0 bridgehead atoms. The van der Waals surface area contributed by atoms with E-state index in [1.54, 1.807) is 0 Å². The predicted octanol–water partition coefficient (Wildman–Crippen LogP) is 1.98. The third-order valence-corrected chi connectivity index (χ3v) is 3.24. The minimum atomic E-state index is -0.212. The molecule has 4 nitrogen and oxygen atoms in total. The van der Waals surface area contributed by atoms with E-state index in [1.165, 1.54) is 25.7 Å². The van der Waals surface area contributed by atoms with Gasteiger partial charge in [-0.3, -0.25) is 0 Å². The van der Waals surface area contributed by atoms with E-state index in [-0.39, 0.29) is 5.54 Å². The highest BCUT2D eigenvalue weighted by Crippen LogP contribution is 2.31. The van der Waals surface area contributed by atoms with Crippen molar-refractivity contribution in [2.24, 2.45) is 5.73 Å². The summed E-state index contributed by atoms with van der Waals surface area (Å²) in [7, 11) is 0. The van der Waals surface area contributed by atoms with Crippen LogP contribution in [-0.4, -0.2) is 20.3 Å². The van der Waals surface area contributed by atoms with Gasteiger partial charge >= 0.3 is 0 Å². The molecule has 1 aromatic rings. The Bertz CT molecular complexity index is 356.